The molecule has 0 atom stereocenters. The third-order valence-electron chi connectivity index (χ3n) is 2.31. The smallest absolute Gasteiger partial charge is 0.188 e. The van der Waals surface area contributed by atoms with Crippen LogP contribution in [0.4, 0.5) is 0 Å². The molecule has 0 aliphatic heterocycles. The average molecular weight is 245 g/mol. The summed E-state index contributed by atoms with van der Waals surface area (Å²) in [6.07, 6.45) is 0. The van der Waals surface area contributed by atoms with Gasteiger partial charge in [-0.3, -0.25) is 0 Å². The van der Waals surface area contributed by atoms with Gasteiger partial charge in [0.2, 0.25) is 0 Å². The summed E-state index contributed by atoms with van der Waals surface area (Å²) in [5.41, 5.74) is 0.741. The maximum Gasteiger partial charge on any atom is 0.188 e. The lowest BCUT2D eigenvalue weighted by Gasteiger charge is -2.19. The highest BCUT2D eigenvalue weighted by atomic mass is 35.5. The Bertz CT molecular complexity index is 298. The quantitative estimate of drug-likeness (QED) is 0.450. The lowest BCUT2D eigenvalue weighted by atomic mass is 10.3. The molecule has 2 nitrogen and oxygen atoms in total. The van der Waals surface area contributed by atoms with Gasteiger partial charge in [-0.1, -0.05) is 30.4 Å². The second kappa shape index (κ2) is 5.54. The SMILES string of the molecule is COCOc1ccc([Si](C)(C)CCl)cc1. The summed E-state index contributed by atoms with van der Waals surface area (Å²) < 4.78 is 10.1. The Morgan fingerprint density at radius 2 is 1.80 bits per heavy atom. The van der Waals surface area contributed by atoms with E-state index in [-0.39, 0.29) is 6.79 Å². The van der Waals surface area contributed by atoms with E-state index in [1.807, 2.05) is 12.1 Å². The lowest BCUT2D eigenvalue weighted by molar-refractivity contribution is 0.0511. The number of ether oxygens (including phenoxy) is 2. The Morgan fingerprint density at radius 3 is 2.27 bits per heavy atom. The van der Waals surface area contributed by atoms with Crippen LogP contribution < -0.4 is 9.92 Å². The van der Waals surface area contributed by atoms with Gasteiger partial charge < -0.3 is 9.47 Å². The first-order valence-corrected chi connectivity index (χ1v) is 8.62. The highest BCUT2D eigenvalue weighted by molar-refractivity contribution is 6.94. The van der Waals surface area contributed by atoms with Crippen molar-refractivity contribution < 1.29 is 9.47 Å². The van der Waals surface area contributed by atoms with E-state index in [2.05, 4.69) is 25.2 Å². The van der Waals surface area contributed by atoms with Gasteiger partial charge in [0.1, 0.15) is 5.75 Å². The summed E-state index contributed by atoms with van der Waals surface area (Å²) in [4.78, 5) is 0. The standard InChI is InChI=1S/C11H17ClO2Si/c1-13-9-14-10-4-6-11(7-5-10)15(2,3)8-12/h4-7H,8-9H2,1-3H3. The molecule has 1 rings (SSSR count). The molecule has 0 aromatic heterocycles. The van der Waals surface area contributed by atoms with Gasteiger partial charge in [-0.2, -0.15) is 0 Å². The van der Waals surface area contributed by atoms with Gasteiger partial charge >= 0.3 is 0 Å². The molecule has 0 bridgehead atoms. The van der Waals surface area contributed by atoms with Crippen molar-refractivity contribution in [3.05, 3.63) is 24.3 Å². The van der Waals surface area contributed by atoms with E-state index in [4.69, 9.17) is 21.1 Å². The number of hydrogen-bond acceptors (Lipinski definition) is 2. The minimum Gasteiger partial charge on any atom is -0.468 e. The molecule has 4 heteroatoms. The first-order chi connectivity index (χ1) is 7.10. The maximum absolute atomic E-state index is 5.96. The van der Waals surface area contributed by atoms with Gasteiger partial charge in [0.15, 0.2) is 6.79 Å². The molecule has 84 valence electrons. The van der Waals surface area contributed by atoms with Crippen LogP contribution in [0, 0.1) is 0 Å². The summed E-state index contributed by atoms with van der Waals surface area (Å²) in [6.45, 7) is 4.80. The molecule has 1 aromatic rings. The monoisotopic (exact) mass is 244 g/mol. The highest BCUT2D eigenvalue weighted by Crippen LogP contribution is 2.11. The molecule has 0 radical (unpaired) electrons. The summed E-state index contributed by atoms with van der Waals surface area (Å²) in [7, 11) is 0.180. The zero-order valence-corrected chi connectivity index (χ0v) is 11.2. The molecule has 0 amide bonds. The van der Waals surface area contributed by atoms with E-state index in [9.17, 15) is 0 Å². The molecule has 0 saturated heterocycles. The fraction of sp³-hybridized carbons (Fsp3) is 0.455. The van der Waals surface area contributed by atoms with Gasteiger partial charge in [0.25, 0.3) is 0 Å². The number of benzene rings is 1. The first-order valence-electron chi connectivity index (χ1n) is 4.88. The summed E-state index contributed by atoms with van der Waals surface area (Å²) >= 11 is 5.96. The second-order valence-electron chi connectivity index (χ2n) is 4.09. The van der Waals surface area contributed by atoms with Crippen LogP contribution in [0.15, 0.2) is 24.3 Å². The Hall–Kier alpha value is -0.513. The minimum atomic E-state index is -1.43. The molecule has 0 fully saturated rings. The minimum absolute atomic E-state index is 0.287. The highest BCUT2D eigenvalue weighted by Gasteiger charge is 2.21. The van der Waals surface area contributed by atoms with Crippen LogP contribution >= 0.6 is 11.6 Å². The molecule has 0 N–H and O–H groups in total. The zero-order chi connectivity index (χ0) is 11.3. The average Bonchev–Trinajstić information content (AvgIpc) is 2.27. The van der Waals surface area contributed by atoms with Crippen LogP contribution in [-0.4, -0.2) is 27.5 Å². The molecule has 0 heterocycles. The normalized spacial score (nSPS) is 11.5. The fourth-order valence-electron chi connectivity index (χ4n) is 1.21. The molecule has 0 saturated carbocycles. The van der Waals surface area contributed by atoms with Gasteiger partial charge in [0.05, 0.1) is 8.07 Å². The Labute approximate surface area is 97.2 Å². The van der Waals surface area contributed by atoms with Crippen molar-refractivity contribution in [2.45, 2.75) is 13.1 Å². The number of halogens is 1. The topological polar surface area (TPSA) is 18.5 Å². The van der Waals surface area contributed by atoms with Gasteiger partial charge in [-0.25, -0.2) is 0 Å². The molecular formula is C11H17ClO2Si. The lowest BCUT2D eigenvalue weighted by Crippen LogP contribution is -2.43. The Kier molecular flexibility index (Phi) is 4.64. The molecular weight excluding hydrogens is 228 g/mol. The molecule has 0 unspecified atom stereocenters. The van der Waals surface area contributed by atoms with Crippen molar-refractivity contribution in [3.63, 3.8) is 0 Å². The van der Waals surface area contributed by atoms with Gasteiger partial charge in [0, 0.05) is 12.6 Å². The fourth-order valence-corrected chi connectivity index (χ4v) is 2.89. The Balaban J connectivity index is 2.72. The second-order valence-corrected chi connectivity index (χ2v) is 9.51. The van der Waals surface area contributed by atoms with E-state index in [0.717, 1.165) is 11.3 Å². The van der Waals surface area contributed by atoms with Crippen LogP contribution in [-0.2, 0) is 4.74 Å². The third-order valence-corrected chi connectivity index (χ3v) is 6.88. The Morgan fingerprint density at radius 1 is 1.20 bits per heavy atom. The third kappa shape index (κ3) is 3.52. The number of hydrogen-bond donors (Lipinski definition) is 0. The first kappa shape index (κ1) is 12.6. The van der Waals surface area contributed by atoms with Crippen molar-refractivity contribution >= 4 is 24.9 Å². The summed E-state index contributed by atoms with van der Waals surface area (Å²) in [5, 5.41) is 1.35. The largest absolute Gasteiger partial charge is 0.468 e. The van der Waals surface area contributed by atoms with Crippen LogP contribution in [0.1, 0.15) is 0 Å². The molecule has 15 heavy (non-hydrogen) atoms. The molecule has 0 spiro atoms. The van der Waals surface area contributed by atoms with E-state index in [0.29, 0.717) is 0 Å². The maximum atomic E-state index is 5.96. The predicted octanol–water partition coefficient (Wildman–Crippen LogP) is 2.36. The van der Waals surface area contributed by atoms with E-state index < -0.39 is 8.07 Å². The number of methoxy groups -OCH3 is 1. The van der Waals surface area contributed by atoms with Crippen molar-refractivity contribution in [2.24, 2.45) is 0 Å². The zero-order valence-electron chi connectivity index (χ0n) is 9.42. The van der Waals surface area contributed by atoms with E-state index in [1.165, 1.54) is 5.19 Å². The van der Waals surface area contributed by atoms with Crippen LogP contribution in [0.25, 0.3) is 0 Å². The van der Waals surface area contributed by atoms with Crippen molar-refractivity contribution in [1.82, 2.24) is 0 Å². The molecule has 0 aliphatic carbocycles. The summed E-state index contributed by atoms with van der Waals surface area (Å²) in [5.74, 6) is 0.833. The van der Waals surface area contributed by atoms with Crippen molar-refractivity contribution in [1.29, 1.82) is 0 Å². The van der Waals surface area contributed by atoms with Crippen molar-refractivity contribution in [2.75, 3.05) is 19.4 Å². The van der Waals surface area contributed by atoms with Crippen LogP contribution in [0.5, 0.6) is 5.75 Å². The van der Waals surface area contributed by atoms with Crippen LogP contribution in [0.3, 0.4) is 0 Å². The predicted molar refractivity (Wildman–Crippen MR) is 66.8 cm³/mol. The molecule has 0 aliphatic rings. The van der Waals surface area contributed by atoms with Crippen LogP contribution in [0.2, 0.25) is 13.1 Å². The molecule has 1 aromatic carbocycles. The number of rotatable bonds is 5. The number of alkyl halides is 1. The van der Waals surface area contributed by atoms with E-state index >= 15 is 0 Å². The van der Waals surface area contributed by atoms with Crippen molar-refractivity contribution in [3.8, 4) is 5.75 Å². The van der Waals surface area contributed by atoms with E-state index in [1.54, 1.807) is 7.11 Å². The summed E-state index contributed by atoms with van der Waals surface area (Å²) in [6, 6.07) is 8.13. The van der Waals surface area contributed by atoms with Gasteiger partial charge in [-0.05, 0) is 12.1 Å². The van der Waals surface area contributed by atoms with Gasteiger partial charge in [-0.15, -0.1) is 11.6 Å².